The van der Waals surface area contributed by atoms with E-state index in [0.717, 1.165) is 37.4 Å². The average molecular weight is 319 g/mol. The zero-order chi connectivity index (χ0) is 16.4. The highest BCUT2D eigenvalue weighted by Crippen LogP contribution is 2.44. The summed E-state index contributed by atoms with van der Waals surface area (Å²) in [5, 5.41) is 13.7. The summed E-state index contributed by atoms with van der Waals surface area (Å²) in [6.07, 6.45) is 4.71. The third-order valence-corrected chi connectivity index (χ3v) is 5.79. The van der Waals surface area contributed by atoms with E-state index in [-0.39, 0.29) is 17.4 Å². The summed E-state index contributed by atoms with van der Waals surface area (Å²) in [6.45, 7) is 5.76. The summed E-state index contributed by atoms with van der Waals surface area (Å²) >= 11 is 0. The predicted molar refractivity (Wildman–Crippen MR) is 91.3 cm³/mol. The van der Waals surface area contributed by atoms with Gasteiger partial charge in [-0.15, -0.1) is 0 Å². The van der Waals surface area contributed by atoms with E-state index in [1.54, 1.807) is 7.11 Å². The molecule has 0 spiro atoms. The molecule has 1 aliphatic carbocycles. The van der Waals surface area contributed by atoms with Gasteiger partial charge in [0.2, 0.25) is 0 Å². The smallest absolute Gasteiger partial charge is 0.161 e. The Morgan fingerprint density at radius 2 is 2.00 bits per heavy atom. The van der Waals surface area contributed by atoms with Crippen molar-refractivity contribution in [3.05, 3.63) is 23.8 Å². The molecule has 1 saturated heterocycles. The molecule has 1 aromatic carbocycles. The molecule has 4 heteroatoms. The Balaban J connectivity index is 1.87. The molecule has 2 N–H and O–H groups in total. The highest BCUT2D eigenvalue weighted by molar-refractivity contribution is 5.45. The van der Waals surface area contributed by atoms with Crippen molar-refractivity contribution in [2.45, 2.75) is 57.7 Å². The van der Waals surface area contributed by atoms with Crippen molar-refractivity contribution in [1.29, 1.82) is 0 Å². The Hall–Kier alpha value is -1.26. The van der Waals surface area contributed by atoms with Gasteiger partial charge in [-0.3, -0.25) is 0 Å². The van der Waals surface area contributed by atoms with Gasteiger partial charge in [-0.25, -0.2) is 0 Å². The largest absolute Gasteiger partial charge is 0.493 e. The van der Waals surface area contributed by atoms with Gasteiger partial charge < -0.3 is 19.9 Å². The van der Waals surface area contributed by atoms with Crippen LogP contribution in [0.15, 0.2) is 18.2 Å². The predicted octanol–water partition coefficient (Wildman–Crippen LogP) is 3.09. The van der Waals surface area contributed by atoms with Crippen molar-refractivity contribution in [3.63, 3.8) is 0 Å². The fraction of sp³-hybridized carbons (Fsp3) is 0.684. The van der Waals surface area contributed by atoms with Crippen molar-refractivity contribution >= 4 is 0 Å². The summed E-state index contributed by atoms with van der Waals surface area (Å²) in [7, 11) is 1.69. The molecule has 2 fully saturated rings. The molecular formula is C19H29NO3. The van der Waals surface area contributed by atoms with Crippen LogP contribution < -0.4 is 14.8 Å². The molecule has 0 amide bonds. The van der Waals surface area contributed by atoms with Crippen LogP contribution in [0.4, 0.5) is 0 Å². The highest BCUT2D eigenvalue weighted by atomic mass is 16.5. The molecular weight excluding hydrogens is 290 g/mol. The molecule has 0 aromatic heterocycles. The summed E-state index contributed by atoms with van der Waals surface area (Å²) < 4.78 is 11.7. The highest BCUT2D eigenvalue weighted by Gasteiger charge is 2.43. The van der Waals surface area contributed by atoms with E-state index in [1.807, 2.05) is 13.0 Å². The van der Waals surface area contributed by atoms with Gasteiger partial charge in [0, 0.05) is 24.4 Å². The van der Waals surface area contributed by atoms with E-state index in [9.17, 15) is 5.11 Å². The molecule has 128 valence electrons. The second kappa shape index (κ2) is 6.70. The first-order valence-corrected chi connectivity index (χ1v) is 8.78. The fourth-order valence-corrected chi connectivity index (χ4v) is 3.97. The van der Waals surface area contributed by atoms with E-state index >= 15 is 0 Å². The number of nitrogens with one attached hydrogen (secondary N) is 1. The molecule has 3 atom stereocenters. The van der Waals surface area contributed by atoms with Gasteiger partial charge in [0.15, 0.2) is 11.5 Å². The van der Waals surface area contributed by atoms with Crippen molar-refractivity contribution in [2.24, 2.45) is 5.41 Å². The van der Waals surface area contributed by atoms with Gasteiger partial charge >= 0.3 is 0 Å². The lowest BCUT2D eigenvalue weighted by molar-refractivity contribution is 0.0548. The van der Waals surface area contributed by atoms with E-state index in [4.69, 9.17) is 9.47 Å². The van der Waals surface area contributed by atoms with Crippen LogP contribution in [0.1, 0.15) is 51.0 Å². The normalized spacial score (nSPS) is 29.7. The minimum absolute atomic E-state index is 0.154. The van der Waals surface area contributed by atoms with Crippen LogP contribution in [0.25, 0.3) is 0 Å². The quantitative estimate of drug-likeness (QED) is 0.876. The van der Waals surface area contributed by atoms with E-state index in [2.05, 4.69) is 24.4 Å². The number of hydrogen-bond donors (Lipinski definition) is 2. The van der Waals surface area contributed by atoms with Crippen molar-refractivity contribution in [1.82, 2.24) is 5.32 Å². The standard InChI is InChI=1S/C19H29NO3/c1-13(21)19(2)12-20-11-16(19)14-8-9-17(22-3)18(10-14)23-15-6-4-5-7-15/h8-10,13,15-16,20-21H,4-7,11-12H2,1-3H3/t13-,16?,19?/m0/s1. The van der Waals surface area contributed by atoms with Gasteiger partial charge in [0.1, 0.15) is 0 Å². The third-order valence-electron chi connectivity index (χ3n) is 5.79. The van der Waals surface area contributed by atoms with Gasteiger partial charge in [-0.2, -0.15) is 0 Å². The molecule has 4 nitrogen and oxygen atoms in total. The van der Waals surface area contributed by atoms with Crippen molar-refractivity contribution in [2.75, 3.05) is 20.2 Å². The number of aliphatic hydroxyl groups excluding tert-OH is 1. The van der Waals surface area contributed by atoms with Gasteiger partial charge in [0.05, 0.1) is 19.3 Å². The number of benzene rings is 1. The first-order valence-electron chi connectivity index (χ1n) is 8.78. The van der Waals surface area contributed by atoms with Crippen molar-refractivity contribution in [3.8, 4) is 11.5 Å². The number of hydrogen-bond acceptors (Lipinski definition) is 4. The Morgan fingerprint density at radius 3 is 2.65 bits per heavy atom. The summed E-state index contributed by atoms with van der Waals surface area (Å²) in [6, 6.07) is 6.23. The molecule has 2 unspecified atom stereocenters. The summed E-state index contributed by atoms with van der Waals surface area (Å²) in [5.74, 6) is 1.92. The first-order chi connectivity index (χ1) is 11.0. The zero-order valence-corrected chi connectivity index (χ0v) is 14.5. The maximum Gasteiger partial charge on any atom is 0.161 e. The lowest BCUT2D eigenvalue weighted by Crippen LogP contribution is -2.36. The SMILES string of the molecule is COc1ccc(C2CNCC2(C)[C@H](C)O)cc1OC1CCCC1. The Labute approximate surface area is 139 Å². The van der Waals surface area contributed by atoms with Crippen LogP contribution in [0.2, 0.25) is 0 Å². The Bertz CT molecular complexity index is 539. The Kier molecular flexibility index (Phi) is 4.83. The fourth-order valence-electron chi connectivity index (χ4n) is 3.97. The van der Waals surface area contributed by atoms with E-state index < -0.39 is 0 Å². The maximum atomic E-state index is 10.2. The molecule has 1 heterocycles. The zero-order valence-electron chi connectivity index (χ0n) is 14.5. The van der Waals surface area contributed by atoms with Gasteiger partial charge in [0.25, 0.3) is 0 Å². The van der Waals surface area contributed by atoms with E-state index in [0.29, 0.717) is 6.10 Å². The monoisotopic (exact) mass is 319 g/mol. The van der Waals surface area contributed by atoms with Crippen LogP contribution in [0, 0.1) is 5.41 Å². The van der Waals surface area contributed by atoms with Gasteiger partial charge in [-0.05, 0) is 50.3 Å². The van der Waals surface area contributed by atoms with Gasteiger partial charge in [-0.1, -0.05) is 13.0 Å². The second-order valence-corrected chi connectivity index (χ2v) is 7.30. The minimum atomic E-state index is -0.358. The molecule has 0 bridgehead atoms. The minimum Gasteiger partial charge on any atom is -0.493 e. The third kappa shape index (κ3) is 3.20. The Morgan fingerprint density at radius 1 is 1.26 bits per heavy atom. The molecule has 3 rings (SSSR count). The topological polar surface area (TPSA) is 50.7 Å². The first kappa shape index (κ1) is 16.6. The number of ether oxygens (including phenoxy) is 2. The average Bonchev–Trinajstić information content (AvgIpc) is 3.17. The lowest BCUT2D eigenvalue weighted by Gasteiger charge is -2.34. The number of rotatable bonds is 5. The molecule has 23 heavy (non-hydrogen) atoms. The molecule has 1 aromatic rings. The molecule has 0 radical (unpaired) electrons. The van der Waals surface area contributed by atoms with Crippen molar-refractivity contribution < 1.29 is 14.6 Å². The van der Waals surface area contributed by atoms with Crippen LogP contribution in [0.5, 0.6) is 11.5 Å². The lowest BCUT2D eigenvalue weighted by atomic mass is 9.72. The van der Waals surface area contributed by atoms with Crippen LogP contribution in [0.3, 0.4) is 0 Å². The molecule has 1 aliphatic heterocycles. The summed E-state index contributed by atoms with van der Waals surface area (Å²) in [4.78, 5) is 0. The molecule has 2 aliphatic rings. The number of methoxy groups -OCH3 is 1. The van der Waals surface area contributed by atoms with E-state index in [1.165, 1.54) is 18.4 Å². The second-order valence-electron chi connectivity index (χ2n) is 7.30. The van der Waals surface area contributed by atoms with Crippen LogP contribution in [-0.4, -0.2) is 37.5 Å². The maximum absolute atomic E-state index is 10.2. The molecule has 1 saturated carbocycles. The van der Waals surface area contributed by atoms with Crippen LogP contribution in [-0.2, 0) is 0 Å². The summed E-state index contributed by atoms with van der Waals surface area (Å²) in [5.41, 5.74) is 1.06. The number of aliphatic hydroxyl groups is 1. The van der Waals surface area contributed by atoms with Crippen LogP contribution >= 0.6 is 0 Å².